The summed E-state index contributed by atoms with van der Waals surface area (Å²) in [6, 6.07) is 8.56. The molecule has 3 N–H and O–H groups in total. The SMILES string of the molecule is CC(C)c1ccc(-c2c(N)n[nH]c2C2CCCO2)cc1. The van der Waals surface area contributed by atoms with E-state index >= 15 is 0 Å². The van der Waals surface area contributed by atoms with Crippen LogP contribution in [0.1, 0.15) is 50.0 Å². The summed E-state index contributed by atoms with van der Waals surface area (Å²) in [6.45, 7) is 5.20. The summed E-state index contributed by atoms with van der Waals surface area (Å²) in [6.07, 6.45) is 2.22. The van der Waals surface area contributed by atoms with Crippen molar-refractivity contribution in [2.45, 2.75) is 38.7 Å². The lowest BCUT2D eigenvalue weighted by atomic mass is 9.97. The fraction of sp³-hybridized carbons (Fsp3) is 0.438. The van der Waals surface area contributed by atoms with Crippen molar-refractivity contribution in [3.63, 3.8) is 0 Å². The predicted molar refractivity (Wildman–Crippen MR) is 80.5 cm³/mol. The van der Waals surface area contributed by atoms with Gasteiger partial charge in [0.2, 0.25) is 0 Å². The molecule has 1 aliphatic rings. The second-order valence-corrected chi connectivity index (χ2v) is 5.68. The van der Waals surface area contributed by atoms with Crippen molar-refractivity contribution >= 4 is 5.82 Å². The molecule has 0 bridgehead atoms. The number of rotatable bonds is 3. The highest BCUT2D eigenvalue weighted by Gasteiger charge is 2.25. The van der Waals surface area contributed by atoms with Crippen LogP contribution in [0.25, 0.3) is 11.1 Å². The van der Waals surface area contributed by atoms with Crippen LogP contribution in [0, 0.1) is 0 Å². The third kappa shape index (κ3) is 2.31. The van der Waals surface area contributed by atoms with Crippen molar-refractivity contribution in [1.29, 1.82) is 0 Å². The van der Waals surface area contributed by atoms with Crippen molar-refractivity contribution < 1.29 is 4.74 Å². The van der Waals surface area contributed by atoms with Crippen LogP contribution < -0.4 is 5.73 Å². The van der Waals surface area contributed by atoms with Gasteiger partial charge in [-0.1, -0.05) is 38.1 Å². The number of benzene rings is 1. The molecule has 3 rings (SSSR count). The monoisotopic (exact) mass is 271 g/mol. The zero-order valence-electron chi connectivity index (χ0n) is 12.0. The third-order valence-corrected chi connectivity index (χ3v) is 3.94. The summed E-state index contributed by atoms with van der Waals surface area (Å²) in [4.78, 5) is 0. The van der Waals surface area contributed by atoms with E-state index < -0.39 is 0 Å². The number of nitrogens with zero attached hydrogens (tertiary/aromatic N) is 1. The predicted octanol–water partition coefficient (Wildman–Crippen LogP) is 3.63. The minimum Gasteiger partial charge on any atom is -0.382 e. The molecule has 1 fully saturated rings. The summed E-state index contributed by atoms with van der Waals surface area (Å²) in [7, 11) is 0. The number of aromatic nitrogens is 2. The summed E-state index contributed by atoms with van der Waals surface area (Å²) >= 11 is 0. The second kappa shape index (κ2) is 5.29. The number of H-pyrrole nitrogens is 1. The van der Waals surface area contributed by atoms with Gasteiger partial charge in [-0.25, -0.2) is 0 Å². The van der Waals surface area contributed by atoms with E-state index in [0.717, 1.165) is 36.3 Å². The first kappa shape index (κ1) is 13.2. The quantitative estimate of drug-likeness (QED) is 0.896. The Hall–Kier alpha value is -1.81. The van der Waals surface area contributed by atoms with Crippen LogP contribution in [0.4, 0.5) is 5.82 Å². The standard InChI is InChI=1S/C16H21N3O/c1-10(2)11-5-7-12(8-6-11)14-15(18-19-16(14)17)13-4-3-9-20-13/h5-8,10,13H,3-4,9H2,1-2H3,(H3,17,18,19). The maximum Gasteiger partial charge on any atom is 0.153 e. The smallest absolute Gasteiger partial charge is 0.153 e. The summed E-state index contributed by atoms with van der Waals surface area (Å²) in [5, 5.41) is 7.22. The van der Waals surface area contributed by atoms with Crippen LogP contribution in [-0.2, 0) is 4.74 Å². The molecule has 4 heteroatoms. The second-order valence-electron chi connectivity index (χ2n) is 5.68. The number of ether oxygens (including phenoxy) is 1. The summed E-state index contributed by atoms with van der Waals surface area (Å²) in [5.74, 6) is 1.08. The van der Waals surface area contributed by atoms with Gasteiger partial charge in [-0.3, -0.25) is 5.10 Å². The maximum absolute atomic E-state index is 6.04. The molecule has 1 aliphatic heterocycles. The highest BCUT2D eigenvalue weighted by molar-refractivity contribution is 5.76. The molecule has 2 heterocycles. The fourth-order valence-electron chi connectivity index (χ4n) is 2.75. The Balaban J connectivity index is 1.98. The van der Waals surface area contributed by atoms with Crippen LogP contribution >= 0.6 is 0 Å². The topological polar surface area (TPSA) is 63.9 Å². The number of nitrogens with two attached hydrogens (primary N) is 1. The van der Waals surface area contributed by atoms with Crippen LogP contribution in [0.2, 0.25) is 0 Å². The van der Waals surface area contributed by atoms with Gasteiger partial charge in [0.05, 0.1) is 11.8 Å². The number of hydrogen-bond acceptors (Lipinski definition) is 3. The average Bonchev–Trinajstić information content (AvgIpc) is 3.07. The first-order valence-corrected chi connectivity index (χ1v) is 7.22. The number of nitrogens with one attached hydrogen (secondary N) is 1. The van der Waals surface area contributed by atoms with Gasteiger partial charge in [0.1, 0.15) is 0 Å². The molecule has 1 saturated heterocycles. The van der Waals surface area contributed by atoms with E-state index in [9.17, 15) is 0 Å². The highest BCUT2D eigenvalue weighted by Crippen LogP contribution is 2.37. The van der Waals surface area contributed by atoms with E-state index in [1.807, 2.05) is 0 Å². The molecule has 1 unspecified atom stereocenters. The molecule has 0 aliphatic carbocycles. The van der Waals surface area contributed by atoms with Crippen molar-refractivity contribution in [3.05, 3.63) is 35.5 Å². The average molecular weight is 271 g/mol. The normalized spacial score (nSPS) is 18.9. The van der Waals surface area contributed by atoms with Crippen LogP contribution in [0.15, 0.2) is 24.3 Å². The molecule has 106 valence electrons. The van der Waals surface area contributed by atoms with Crippen LogP contribution in [-0.4, -0.2) is 16.8 Å². The summed E-state index contributed by atoms with van der Waals surface area (Å²) in [5.41, 5.74) is 10.5. The number of aromatic amines is 1. The molecule has 0 amide bonds. The Morgan fingerprint density at radius 1 is 1.30 bits per heavy atom. The molecule has 0 spiro atoms. The minimum absolute atomic E-state index is 0.0968. The van der Waals surface area contributed by atoms with E-state index in [2.05, 4.69) is 48.3 Å². The Kier molecular flexibility index (Phi) is 3.49. The van der Waals surface area contributed by atoms with Gasteiger partial charge in [-0.05, 0) is 29.9 Å². The van der Waals surface area contributed by atoms with Gasteiger partial charge in [0.25, 0.3) is 0 Å². The molecule has 0 saturated carbocycles. The minimum atomic E-state index is 0.0968. The Morgan fingerprint density at radius 3 is 2.65 bits per heavy atom. The third-order valence-electron chi connectivity index (χ3n) is 3.94. The summed E-state index contributed by atoms with van der Waals surface area (Å²) < 4.78 is 5.75. The van der Waals surface area contributed by atoms with E-state index in [0.29, 0.717) is 11.7 Å². The lowest BCUT2D eigenvalue weighted by Gasteiger charge is -2.11. The first-order valence-electron chi connectivity index (χ1n) is 7.22. The van der Waals surface area contributed by atoms with E-state index in [1.54, 1.807) is 0 Å². The zero-order chi connectivity index (χ0) is 14.1. The molecule has 0 radical (unpaired) electrons. The highest BCUT2D eigenvalue weighted by atomic mass is 16.5. The number of hydrogen-bond donors (Lipinski definition) is 2. The van der Waals surface area contributed by atoms with Crippen molar-refractivity contribution in [1.82, 2.24) is 10.2 Å². The van der Waals surface area contributed by atoms with Gasteiger partial charge in [0, 0.05) is 12.2 Å². The molecular formula is C16H21N3O. The molecule has 20 heavy (non-hydrogen) atoms. The molecule has 2 aromatic rings. The van der Waals surface area contributed by atoms with E-state index in [4.69, 9.17) is 10.5 Å². The first-order chi connectivity index (χ1) is 9.66. The molecule has 1 aromatic heterocycles. The molecular weight excluding hydrogens is 250 g/mol. The van der Waals surface area contributed by atoms with Crippen LogP contribution in [0.5, 0.6) is 0 Å². The van der Waals surface area contributed by atoms with E-state index in [1.165, 1.54) is 5.56 Å². The van der Waals surface area contributed by atoms with Gasteiger partial charge >= 0.3 is 0 Å². The van der Waals surface area contributed by atoms with Gasteiger partial charge in [0.15, 0.2) is 5.82 Å². The largest absolute Gasteiger partial charge is 0.382 e. The lowest BCUT2D eigenvalue weighted by molar-refractivity contribution is 0.109. The fourth-order valence-corrected chi connectivity index (χ4v) is 2.75. The van der Waals surface area contributed by atoms with Crippen LogP contribution in [0.3, 0.4) is 0 Å². The van der Waals surface area contributed by atoms with E-state index in [-0.39, 0.29) is 6.10 Å². The zero-order valence-corrected chi connectivity index (χ0v) is 12.0. The van der Waals surface area contributed by atoms with Crippen molar-refractivity contribution in [2.24, 2.45) is 0 Å². The van der Waals surface area contributed by atoms with Gasteiger partial charge in [-0.2, -0.15) is 5.10 Å². The maximum atomic E-state index is 6.04. The Bertz CT molecular complexity index is 580. The number of nitrogen functional groups attached to an aromatic ring is 1. The van der Waals surface area contributed by atoms with Gasteiger partial charge < -0.3 is 10.5 Å². The molecule has 4 nitrogen and oxygen atoms in total. The van der Waals surface area contributed by atoms with Gasteiger partial charge in [-0.15, -0.1) is 0 Å². The number of anilines is 1. The van der Waals surface area contributed by atoms with Crippen molar-refractivity contribution in [3.8, 4) is 11.1 Å². The van der Waals surface area contributed by atoms with Crippen molar-refractivity contribution in [2.75, 3.05) is 12.3 Å². The Morgan fingerprint density at radius 2 is 2.05 bits per heavy atom. The molecule has 1 atom stereocenters. The lowest BCUT2D eigenvalue weighted by Crippen LogP contribution is -1.99. The Labute approximate surface area is 119 Å². The molecule has 1 aromatic carbocycles.